The third-order valence-electron chi connectivity index (χ3n) is 5.39. The zero-order valence-electron chi connectivity index (χ0n) is 15.6. The highest BCUT2D eigenvalue weighted by molar-refractivity contribution is 6.35. The van der Waals surface area contributed by atoms with Crippen LogP contribution in [0.5, 0.6) is 0 Å². The van der Waals surface area contributed by atoms with Crippen LogP contribution in [0.1, 0.15) is 15.9 Å². The first-order chi connectivity index (χ1) is 13.9. The monoisotopic (exact) mass is 403 g/mol. The summed E-state index contributed by atoms with van der Waals surface area (Å²) >= 11 is 6.47. The Bertz CT molecular complexity index is 1500. The second-order valence-corrected chi connectivity index (χ2v) is 7.38. The highest BCUT2D eigenvalue weighted by Gasteiger charge is 2.34. The van der Waals surface area contributed by atoms with Crippen molar-refractivity contribution in [3.63, 3.8) is 0 Å². The maximum absolute atomic E-state index is 13.3. The predicted molar refractivity (Wildman–Crippen MR) is 112 cm³/mol. The Morgan fingerprint density at radius 3 is 2.10 bits per heavy atom. The van der Waals surface area contributed by atoms with Gasteiger partial charge in [0.25, 0.3) is 5.56 Å². The van der Waals surface area contributed by atoms with Crippen molar-refractivity contribution in [1.29, 1.82) is 0 Å². The average Bonchev–Trinajstić information content (AvgIpc) is 3.02. The van der Waals surface area contributed by atoms with E-state index in [0.29, 0.717) is 38.5 Å². The van der Waals surface area contributed by atoms with E-state index in [1.54, 1.807) is 43.4 Å². The number of nitrogens with zero attached hydrogens (tertiary/aromatic N) is 3. The number of carbonyl (C=O) groups is 1. The van der Waals surface area contributed by atoms with Gasteiger partial charge >= 0.3 is 5.69 Å². The fraction of sp³-hybridized carbons (Fsp3) is 0.0909. The molecule has 1 aliphatic rings. The summed E-state index contributed by atoms with van der Waals surface area (Å²) in [5.41, 5.74) is 2.16. The molecule has 6 nitrogen and oxygen atoms in total. The smallest absolute Gasteiger partial charge is 0.288 e. The number of aryl methyl sites for hydroxylation is 1. The highest BCUT2D eigenvalue weighted by Crippen LogP contribution is 2.44. The maximum atomic E-state index is 13.3. The summed E-state index contributed by atoms with van der Waals surface area (Å²) in [5.74, 6) is -0.212. The Labute approximate surface area is 169 Å². The summed E-state index contributed by atoms with van der Waals surface area (Å²) in [6.07, 6.45) is 0. The molecule has 4 aromatic rings. The van der Waals surface area contributed by atoms with Gasteiger partial charge in [0.2, 0.25) is 0 Å². The molecule has 0 saturated heterocycles. The van der Waals surface area contributed by atoms with Gasteiger partial charge < -0.3 is 0 Å². The average molecular weight is 404 g/mol. The van der Waals surface area contributed by atoms with Crippen molar-refractivity contribution >= 4 is 28.4 Å². The number of pyridine rings is 1. The number of aromatic nitrogens is 3. The van der Waals surface area contributed by atoms with Crippen LogP contribution in [0.4, 0.5) is 0 Å². The minimum absolute atomic E-state index is 0.197. The number of hydrogen-bond acceptors (Lipinski definition) is 4. The van der Waals surface area contributed by atoms with Gasteiger partial charge in [0, 0.05) is 41.4 Å². The predicted octanol–water partition coefficient (Wildman–Crippen LogP) is 3.16. The minimum atomic E-state index is -0.517. The molecule has 0 bridgehead atoms. The van der Waals surface area contributed by atoms with Crippen molar-refractivity contribution < 1.29 is 4.79 Å². The van der Waals surface area contributed by atoms with E-state index in [1.165, 1.54) is 11.6 Å². The first-order valence-electron chi connectivity index (χ1n) is 8.94. The summed E-state index contributed by atoms with van der Waals surface area (Å²) in [4.78, 5) is 43.6. The first-order valence-corrected chi connectivity index (χ1v) is 9.32. The lowest BCUT2D eigenvalue weighted by Crippen LogP contribution is -2.37. The number of ketones is 1. The number of rotatable bonds is 1. The van der Waals surface area contributed by atoms with Crippen molar-refractivity contribution in [2.75, 3.05) is 0 Å². The first kappa shape index (κ1) is 17.6. The molecule has 0 fully saturated rings. The van der Waals surface area contributed by atoms with Gasteiger partial charge in [0.1, 0.15) is 0 Å². The van der Waals surface area contributed by atoms with E-state index in [9.17, 15) is 14.4 Å². The molecule has 29 heavy (non-hydrogen) atoms. The standard InChI is InChI=1S/C22H14ClN3O3/c1-25-20-17(21(28)26(2)22(25)29)15(13-9-5-6-10-14(13)23)16-18(24-20)11-7-3-4-8-12(11)19(16)27/h3-10H,1-2H3. The van der Waals surface area contributed by atoms with Gasteiger partial charge in [0.15, 0.2) is 11.4 Å². The van der Waals surface area contributed by atoms with Gasteiger partial charge in [0.05, 0.1) is 16.6 Å². The van der Waals surface area contributed by atoms with Crippen LogP contribution in [0, 0.1) is 0 Å². The fourth-order valence-electron chi connectivity index (χ4n) is 3.96. The molecule has 0 aliphatic heterocycles. The Balaban J connectivity index is 2.11. The van der Waals surface area contributed by atoms with E-state index in [-0.39, 0.29) is 16.8 Å². The number of hydrogen-bond donors (Lipinski definition) is 0. The Morgan fingerprint density at radius 1 is 0.793 bits per heavy atom. The maximum Gasteiger partial charge on any atom is 0.332 e. The van der Waals surface area contributed by atoms with E-state index in [2.05, 4.69) is 4.98 Å². The number of halogens is 1. The highest BCUT2D eigenvalue weighted by atomic mass is 35.5. The molecule has 2 aromatic carbocycles. The lowest BCUT2D eigenvalue weighted by Gasteiger charge is -2.15. The molecule has 0 radical (unpaired) electrons. The quantitative estimate of drug-likeness (QED) is 0.431. The summed E-state index contributed by atoms with van der Waals surface area (Å²) in [6.45, 7) is 0. The molecule has 0 atom stereocenters. The Hall–Kier alpha value is -3.51. The van der Waals surface area contributed by atoms with E-state index in [1.807, 2.05) is 12.1 Å². The van der Waals surface area contributed by atoms with Gasteiger partial charge in [-0.2, -0.15) is 0 Å². The van der Waals surface area contributed by atoms with Crippen molar-refractivity contribution in [3.8, 4) is 22.4 Å². The topological polar surface area (TPSA) is 74.0 Å². The molecule has 0 N–H and O–H groups in total. The molecule has 7 heteroatoms. The molecule has 0 unspecified atom stereocenters. The second kappa shape index (κ2) is 5.99. The largest absolute Gasteiger partial charge is 0.332 e. The molecule has 142 valence electrons. The normalized spacial score (nSPS) is 12.3. The van der Waals surface area contributed by atoms with Crippen LogP contribution < -0.4 is 11.2 Å². The Morgan fingerprint density at radius 2 is 1.41 bits per heavy atom. The summed E-state index contributed by atoms with van der Waals surface area (Å²) in [6, 6.07) is 14.2. The van der Waals surface area contributed by atoms with Gasteiger partial charge in [-0.3, -0.25) is 18.7 Å². The van der Waals surface area contributed by atoms with Crippen LogP contribution in [0.15, 0.2) is 58.1 Å². The van der Waals surface area contributed by atoms with E-state index in [0.717, 1.165) is 4.57 Å². The van der Waals surface area contributed by atoms with Gasteiger partial charge in [-0.1, -0.05) is 54.1 Å². The lowest BCUT2D eigenvalue weighted by molar-refractivity contribution is 0.104. The van der Waals surface area contributed by atoms with Crippen LogP contribution in [-0.4, -0.2) is 19.9 Å². The van der Waals surface area contributed by atoms with Crippen molar-refractivity contribution in [1.82, 2.24) is 14.1 Å². The van der Waals surface area contributed by atoms with Crippen LogP contribution >= 0.6 is 11.6 Å². The summed E-state index contributed by atoms with van der Waals surface area (Å²) < 4.78 is 2.34. The lowest BCUT2D eigenvalue weighted by atomic mass is 9.95. The molecule has 5 rings (SSSR count). The molecule has 2 aromatic heterocycles. The van der Waals surface area contributed by atoms with Crippen molar-refractivity contribution in [2.24, 2.45) is 14.1 Å². The van der Waals surface area contributed by atoms with Gasteiger partial charge in [-0.15, -0.1) is 0 Å². The van der Waals surface area contributed by atoms with Crippen molar-refractivity contribution in [2.45, 2.75) is 0 Å². The zero-order chi connectivity index (χ0) is 20.4. The van der Waals surface area contributed by atoms with Crippen LogP contribution in [-0.2, 0) is 14.1 Å². The molecule has 0 amide bonds. The Kier molecular flexibility index (Phi) is 3.63. The third kappa shape index (κ3) is 2.23. The molecule has 1 aliphatic carbocycles. The molecule has 0 saturated carbocycles. The zero-order valence-corrected chi connectivity index (χ0v) is 16.3. The molecule has 0 spiro atoms. The number of carbonyl (C=O) groups excluding carboxylic acids is 1. The van der Waals surface area contributed by atoms with E-state index < -0.39 is 11.2 Å². The molecular formula is C22H14ClN3O3. The van der Waals surface area contributed by atoms with Gasteiger partial charge in [-0.05, 0) is 6.07 Å². The third-order valence-corrected chi connectivity index (χ3v) is 5.71. The summed E-state index contributed by atoms with van der Waals surface area (Å²) in [5, 5.41) is 0.601. The van der Waals surface area contributed by atoms with Gasteiger partial charge in [-0.25, -0.2) is 9.78 Å². The van der Waals surface area contributed by atoms with Crippen LogP contribution in [0.25, 0.3) is 33.4 Å². The number of fused-ring (bicyclic) bond motifs is 4. The minimum Gasteiger partial charge on any atom is -0.288 e. The van der Waals surface area contributed by atoms with Crippen LogP contribution in [0.3, 0.4) is 0 Å². The van der Waals surface area contributed by atoms with E-state index >= 15 is 0 Å². The van der Waals surface area contributed by atoms with E-state index in [4.69, 9.17) is 11.6 Å². The van der Waals surface area contributed by atoms with Crippen LogP contribution in [0.2, 0.25) is 5.02 Å². The molecular weight excluding hydrogens is 390 g/mol. The fourth-order valence-corrected chi connectivity index (χ4v) is 4.19. The summed E-state index contributed by atoms with van der Waals surface area (Å²) in [7, 11) is 2.97. The second-order valence-electron chi connectivity index (χ2n) is 6.97. The van der Waals surface area contributed by atoms with Crippen molar-refractivity contribution in [3.05, 3.63) is 85.5 Å². The SMILES string of the molecule is Cn1c(=O)c2c(-c3ccccc3Cl)c3c(nc2n(C)c1=O)-c1ccccc1C3=O. The number of benzene rings is 2. The molecule has 2 heterocycles.